The molecule has 4 nitrogen and oxygen atoms in total. The number of ether oxygens (including phenoxy) is 2. The van der Waals surface area contributed by atoms with Gasteiger partial charge in [0.15, 0.2) is 0 Å². The van der Waals surface area contributed by atoms with Gasteiger partial charge in [0.25, 0.3) is 0 Å². The molecule has 0 amide bonds. The van der Waals surface area contributed by atoms with Crippen LogP contribution in [-0.4, -0.2) is 42.9 Å². The fourth-order valence-electron chi connectivity index (χ4n) is 1.66. The molecule has 2 heterocycles. The van der Waals surface area contributed by atoms with Crippen LogP contribution < -0.4 is 10.1 Å². The molecule has 1 saturated heterocycles. The molecular weight excluding hydrogens is 236 g/mol. The third kappa shape index (κ3) is 4.09. The zero-order valence-corrected chi connectivity index (χ0v) is 10.8. The Bertz CT molecular complexity index is 326. The minimum atomic E-state index is 0.537. The quantitative estimate of drug-likeness (QED) is 0.787. The molecule has 0 spiro atoms. The van der Waals surface area contributed by atoms with Crippen molar-refractivity contribution in [1.29, 1.82) is 0 Å². The van der Waals surface area contributed by atoms with Crippen LogP contribution in [0.5, 0.6) is 5.88 Å². The van der Waals surface area contributed by atoms with Crippen molar-refractivity contribution >= 4 is 17.4 Å². The van der Waals surface area contributed by atoms with Crippen LogP contribution in [0.1, 0.15) is 6.42 Å². The number of thioether (sulfide) groups is 1. The Hall–Kier alpha value is -0.940. The summed E-state index contributed by atoms with van der Waals surface area (Å²) in [6.07, 6.45) is 3.06. The van der Waals surface area contributed by atoms with Crippen LogP contribution in [0, 0.1) is 0 Å². The average Bonchev–Trinajstić information content (AvgIpc) is 2.85. The van der Waals surface area contributed by atoms with E-state index in [2.05, 4.69) is 10.3 Å². The number of hydrogen-bond acceptors (Lipinski definition) is 5. The lowest BCUT2D eigenvalue weighted by Crippen LogP contribution is -2.18. The highest BCUT2D eigenvalue weighted by molar-refractivity contribution is 7.99. The SMILES string of the molecule is COCCOc1ccc(NC2CCSC2)cn1. The van der Waals surface area contributed by atoms with Crippen LogP contribution in [0.25, 0.3) is 0 Å². The number of nitrogens with zero attached hydrogens (tertiary/aromatic N) is 1. The van der Waals surface area contributed by atoms with Crippen LogP contribution in [0.4, 0.5) is 5.69 Å². The molecule has 1 aromatic heterocycles. The number of nitrogens with one attached hydrogen (secondary N) is 1. The maximum Gasteiger partial charge on any atom is 0.213 e. The van der Waals surface area contributed by atoms with Gasteiger partial charge in [0.05, 0.1) is 18.5 Å². The van der Waals surface area contributed by atoms with E-state index in [0.717, 1.165) is 5.69 Å². The highest BCUT2D eigenvalue weighted by Crippen LogP contribution is 2.21. The summed E-state index contributed by atoms with van der Waals surface area (Å²) in [5, 5.41) is 3.47. The highest BCUT2D eigenvalue weighted by atomic mass is 32.2. The van der Waals surface area contributed by atoms with Crippen molar-refractivity contribution in [3.8, 4) is 5.88 Å². The second-order valence-electron chi connectivity index (χ2n) is 3.93. The van der Waals surface area contributed by atoms with Gasteiger partial charge in [-0.15, -0.1) is 0 Å². The van der Waals surface area contributed by atoms with Gasteiger partial charge in [0, 0.05) is 25.0 Å². The van der Waals surface area contributed by atoms with Crippen molar-refractivity contribution in [3.05, 3.63) is 18.3 Å². The lowest BCUT2D eigenvalue weighted by atomic mass is 10.2. The van der Waals surface area contributed by atoms with E-state index >= 15 is 0 Å². The summed E-state index contributed by atoms with van der Waals surface area (Å²) in [6.45, 7) is 1.12. The Balaban J connectivity index is 1.80. The molecule has 0 aliphatic carbocycles. The Morgan fingerprint density at radius 1 is 1.47 bits per heavy atom. The summed E-state index contributed by atoms with van der Waals surface area (Å²) >= 11 is 2.00. The number of hydrogen-bond donors (Lipinski definition) is 1. The molecule has 0 radical (unpaired) electrons. The number of aromatic nitrogens is 1. The molecule has 1 atom stereocenters. The first kappa shape index (κ1) is 12.5. The fourth-order valence-corrected chi connectivity index (χ4v) is 2.82. The Morgan fingerprint density at radius 3 is 3.06 bits per heavy atom. The molecule has 0 bridgehead atoms. The predicted molar refractivity (Wildman–Crippen MR) is 71.0 cm³/mol. The Kier molecular flexibility index (Phi) is 4.94. The summed E-state index contributed by atoms with van der Waals surface area (Å²) in [6, 6.07) is 4.49. The van der Waals surface area contributed by atoms with Crippen molar-refractivity contribution in [1.82, 2.24) is 4.98 Å². The van der Waals surface area contributed by atoms with Crippen LogP contribution in [0.2, 0.25) is 0 Å². The zero-order valence-electron chi connectivity index (χ0n) is 10.0. The molecule has 2 rings (SSSR count). The molecule has 1 unspecified atom stereocenters. The van der Waals surface area contributed by atoms with E-state index in [1.807, 2.05) is 30.1 Å². The number of rotatable bonds is 6. The second kappa shape index (κ2) is 6.71. The first-order valence-corrected chi connectivity index (χ1v) is 6.96. The number of methoxy groups -OCH3 is 1. The van der Waals surface area contributed by atoms with E-state index in [4.69, 9.17) is 9.47 Å². The van der Waals surface area contributed by atoms with Crippen molar-refractivity contribution in [2.24, 2.45) is 0 Å². The van der Waals surface area contributed by atoms with Crippen molar-refractivity contribution in [3.63, 3.8) is 0 Å². The van der Waals surface area contributed by atoms with E-state index < -0.39 is 0 Å². The monoisotopic (exact) mass is 254 g/mol. The van der Waals surface area contributed by atoms with Crippen LogP contribution in [0.15, 0.2) is 18.3 Å². The summed E-state index contributed by atoms with van der Waals surface area (Å²) in [5.41, 5.74) is 1.07. The molecule has 17 heavy (non-hydrogen) atoms. The van der Waals surface area contributed by atoms with Gasteiger partial charge >= 0.3 is 0 Å². The van der Waals surface area contributed by atoms with E-state index in [-0.39, 0.29) is 0 Å². The predicted octanol–water partition coefficient (Wildman–Crippen LogP) is 2.02. The normalized spacial score (nSPS) is 19.2. The molecule has 1 fully saturated rings. The molecule has 1 aliphatic heterocycles. The number of anilines is 1. The minimum Gasteiger partial charge on any atom is -0.475 e. The number of pyridine rings is 1. The summed E-state index contributed by atoms with van der Waals surface area (Å²) in [4.78, 5) is 4.25. The standard InChI is InChI=1S/C12H18N2O2S/c1-15-5-6-16-12-3-2-10(8-13-12)14-11-4-7-17-9-11/h2-3,8,11,14H,4-7,9H2,1H3. The fraction of sp³-hybridized carbons (Fsp3) is 0.583. The molecule has 1 N–H and O–H groups in total. The Morgan fingerprint density at radius 2 is 2.41 bits per heavy atom. The lowest BCUT2D eigenvalue weighted by Gasteiger charge is -2.12. The first-order chi connectivity index (χ1) is 8.38. The minimum absolute atomic E-state index is 0.537. The molecule has 0 saturated carbocycles. The summed E-state index contributed by atoms with van der Waals surface area (Å²) in [7, 11) is 1.66. The highest BCUT2D eigenvalue weighted by Gasteiger charge is 2.14. The van der Waals surface area contributed by atoms with Crippen LogP contribution in [-0.2, 0) is 4.74 Å². The third-order valence-corrected chi connectivity index (χ3v) is 3.74. The third-order valence-electron chi connectivity index (χ3n) is 2.57. The van der Waals surface area contributed by atoms with Gasteiger partial charge in [0.1, 0.15) is 6.61 Å². The van der Waals surface area contributed by atoms with Gasteiger partial charge in [-0.1, -0.05) is 0 Å². The lowest BCUT2D eigenvalue weighted by molar-refractivity contribution is 0.144. The molecule has 1 aromatic rings. The second-order valence-corrected chi connectivity index (χ2v) is 5.08. The molecule has 1 aliphatic rings. The van der Waals surface area contributed by atoms with E-state index in [1.165, 1.54) is 17.9 Å². The maximum atomic E-state index is 5.40. The maximum absolute atomic E-state index is 5.40. The molecule has 0 aromatic carbocycles. The topological polar surface area (TPSA) is 43.4 Å². The smallest absolute Gasteiger partial charge is 0.213 e. The molecule has 94 valence electrons. The average molecular weight is 254 g/mol. The van der Waals surface area contributed by atoms with Crippen LogP contribution >= 0.6 is 11.8 Å². The van der Waals surface area contributed by atoms with Gasteiger partial charge in [0.2, 0.25) is 5.88 Å². The van der Waals surface area contributed by atoms with Gasteiger partial charge in [-0.05, 0) is 18.2 Å². The van der Waals surface area contributed by atoms with Crippen LogP contribution in [0.3, 0.4) is 0 Å². The summed E-state index contributed by atoms with van der Waals surface area (Å²) < 4.78 is 10.3. The molecular formula is C12H18N2O2S. The van der Waals surface area contributed by atoms with Gasteiger partial charge in [-0.25, -0.2) is 4.98 Å². The first-order valence-electron chi connectivity index (χ1n) is 5.80. The van der Waals surface area contributed by atoms with E-state index in [0.29, 0.717) is 25.1 Å². The van der Waals surface area contributed by atoms with E-state index in [9.17, 15) is 0 Å². The van der Waals surface area contributed by atoms with Crippen molar-refractivity contribution < 1.29 is 9.47 Å². The van der Waals surface area contributed by atoms with Gasteiger partial charge < -0.3 is 14.8 Å². The Labute approximate surface area is 106 Å². The van der Waals surface area contributed by atoms with Crippen molar-refractivity contribution in [2.75, 3.05) is 37.1 Å². The summed E-state index contributed by atoms with van der Waals surface area (Å²) in [5.74, 6) is 3.09. The van der Waals surface area contributed by atoms with Crippen molar-refractivity contribution in [2.45, 2.75) is 12.5 Å². The zero-order chi connectivity index (χ0) is 11.9. The van der Waals surface area contributed by atoms with E-state index in [1.54, 1.807) is 7.11 Å². The van der Waals surface area contributed by atoms with Gasteiger partial charge in [-0.3, -0.25) is 0 Å². The largest absolute Gasteiger partial charge is 0.475 e. The van der Waals surface area contributed by atoms with Gasteiger partial charge in [-0.2, -0.15) is 11.8 Å². The molecule has 5 heteroatoms.